The van der Waals surface area contributed by atoms with Gasteiger partial charge in [-0.15, -0.1) is 12.4 Å². The Morgan fingerprint density at radius 1 is 1.54 bits per heavy atom. The number of fused-ring (bicyclic) bond motifs is 1. The molecule has 0 saturated heterocycles. The Balaban J connectivity index is 0.000000845. The maximum absolute atomic E-state index is 13.0. The molecule has 0 fully saturated rings. The molecule has 0 unspecified atom stereocenters. The van der Waals surface area contributed by atoms with Crippen molar-refractivity contribution in [1.82, 2.24) is 9.38 Å². The Hall–Kier alpha value is -1.13. The quantitative estimate of drug-likeness (QED) is 0.757. The van der Waals surface area contributed by atoms with Crippen molar-refractivity contribution in [3.63, 3.8) is 0 Å². The molecule has 0 aromatic carbocycles. The van der Waals surface area contributed by atoms with Crippen LogP contribution in [0.3, 0.4) is 0 Å². The molecule has 2 aromatic rings. The summed E-state index contributed by atoms with van der Waals surface area (Å²) in [5.74, 6) is -0.322. The summed E-state index contributed by atoms with van der Waals surface area (Å²) >= 11 is 0. The van der Waals surface area contributed by atoms with E-state index in [0.29, 0.717) is 17.9 Å². The monoisotopic (exact) mass is 201 g/mol. The fourth-order valence-electron chi connectivity index (χ4n) is 1.13. The molecule has 0 saturated carbocycles. The molecule has 0 amide bonds. The van der Waals surface area contributed by atoms with Crippen LogP contribution >= 0.6 is 12.4 Å². The maximum Gasteiger partial charge on any atom is 0.173 e. The van der Waals surface area contributed by atoms with Crippen LogP contribution in [-0.4, -0.2) is 9.38 Å². The van der Waals surface area contributed by atoms with E-state index in [0.717, 1.165) is 0 Å². The number of nitrogens with two attached hydrogens (primary N) is 1. The molecule has 2 rings (SSSR count). The van der Waals surface area contributed by atoms with Crippen molar-refractivity contribution in [2.75, 3.05) is 0 Å². The highest BCUT2D eigenvalue weighted by Gasteiger charge is 2.03. The van der Waals surface area contributed by atoms with Crippen LogP contribution in [0.5, 0.6) is 0 Å². The van der Waals surface area contributed by atoms with E-state index in [2.05, 4.69) is 4.98 Å². The van der Waals surface area contributed by atoms with Gasteiger partial charge in [0.05, 0.1) is 5.69 Å². The number of rotatable bonds is 1. The van der Waals surface area contributed by atoms with E-state index < -0.39 is 0 Å². The predicted molar refractivity (Wildman–Crippen MR) is 50.3 cm³/mol. The number of aromatic nitrogens is 2. The van der Waals surface area contributed by atoms with Gasteiger partial charge in [-0.3, -0.25) is 0 Å². The lowest BCUT2D eigenvalue weighted by atomic mass is 10.4. The fraction of sp³-hybridized carbons (Fsp3) is 0.125. The first-order valence-electron chi connectivity index (χ1n) is 3.63. The minimum Gasteiger partial charge on any atom is -0.325 e. The van der Waals surface area contributed by atoms with Gasteiger partial charge < -0.3 is 10.1 Å². The van der Waals surface area contributed by atoms with Gasteiger partial charge in [0.2, 0.25) is 0 Å². The van der Waals surface area contributed by atoms with Gasteiger partial charge in [-0.2, -0.15) is 0 Å². The molecule has 3 nitrogen and oxygen atoms in total. The molecule has 0 aliphatic rings. The van der Waals surface area contributed by atoms with Crippen molar-refractivity contribution >= 4 is 18.1 Å². The van der Waals surface area contributed by atoms with Gasteiger partial charge in [0.25, 0.3) is 0 Å². The van der Waals surface area contributed by atoms with Gasteiger partial charge >= 0.3 is 0 Å². The van der Waals surface area contributed by atoms with Crippen LogP contribution in [0, 0.1) is 5.82 Å². The molecule has 5 heteroatoms. The molecule has 13 heavy (non-hydrogen) atoms. The molecule has 0 aliphatic heterocycles. The van der Waals surface area contributed by atoms with Crippen LogP contribution in [0.15, 0.2) is 24.5 Å². The zero-order valence-electron chi connectivity index (χ0n) is 6.77. The third-order valence-corrected chi connectivity index (χ3v) is 1.69. The highest BCUT2D eigenvalue weighted by molar-refractivity contribution is 5.85. The average Bonchev–Trinajstić information content (AvgIpc) is 2.49. The number of pyridine rings is 1. The lowest BCUT2D eigenvalue weighted by Crippen LogP contribution is -1.95. The van der Waals surface area contributed by atoms with Crippen molar-refractivity contribution in [2.45, 2.75) is 6.54 Å². The Morgan fingerprint density at radius 3 is 2.92 bits per heavy atom. The van der Waals surface area contributed by atoms with Gasteiger partial charge in [-0.25, -0.2) is 9.37 Å². The summed E-state index contributed by atoms with van der Waals surface area (Å²) in [6.45, 7) is 0.334. The Labute approximate surface area is 80.8 Å². The zero-order chi connectivity index (χ0) is 8.55. The first-order chi connectivity index (χ1) is 5.81. The molecule has 2 aromatic heterocycles. The third-order valence-electron chi connectivity index (χ3n) is 1.69. The van der Waals surface area contributed by atoms with Crippen molar-refractivity contribution in [3.05, 3.63) is 36.0 Å². The molecule has 70 valence electrons. The minimum absolute atomic E-state index is 0. The number of hydrogen-bond acceptors (Lipinski definition) is 2. The lowest BCUT2D eigenvalue weighted by Gasteiger charge is -1.90. The number of halogens is 2. The molecule has 0 spiro atoms. The summed E-state index contributed by atoms with van der Waals surface area (Å²) in [4.78, 5) is 3.99. The Kier molecular flexibility index (Phi) is 2.85. The van der Waals surface area contributed by atoms with E-state index in [9.17, 15) is 4.39 Å². The minimum atomic E-state index is -0.322. The van der Waals surface area contributed by atoms with Gasteiger partial charge in [-0.1, -0.05) is 0 Å². The predicted octanol–water partition coefficient (Wildman–Crippen LogP) is 1.35. The first-order valence-corrected chi connectivity index (χ1v) is 3.63. The van der Waals surface area contributed by atoms with Gasteiger partial charge in [0, 0.05) is 18.9 Å². The van der Waals surface area contributed by atoms with E-state index >= 15 is 0 Å². The van der Waals surface area contributed by atoms with E-state index in [1.807, 2.05) is 0 Å². The van der Waals surface area contributed by atoms with Gasteiger partial charge in [0.15, 0.2) is 11.5 Å². The average molecular weight is 202 g/mol. The number of hydrogen-bond donors (Lipinski definition) is 1. The molecular weight excluding hydrogens is 193 g/mol. The number of imidazole rings is 1. The standard InChI is InChI=1S/C8H8FN3.ClH/c9-7-2-1-3-12-5-6(4-10)11-8(7)12;/h1-3,5H,4,10H2;1H. The van der Waals surface area contributed by atoms with Crippen molar-refractivity contribution < 1.29 is 4.39 Å². The number of nitrogens with zero attached hydrogens (tertiary/aromatic N) is 2. The van der Waals surface area contributed by atoms with Crippen LogP contribution in [0.4, 0.5) is 4.39 Å². The largest absolute Gasteiger partial charge is 0.325 e. The molecule has 2 N–H and O–H groups in total. The molecule has 0 radical (unpaired) electrons. The second-order valence-corrected chi connectivity index (χ2v) is 2.52. The van der Waals surface area contributed by atoms with Crippen LogP contribution in [-0.2, 0) is 6.54 Å². The van der Waals surface area contributed by atoms with Crippen LogP contribution in [0.25, 0.3) is 5.65 Å². The van der Waals surface area contributed by atoms with Crippen LogP contribution in [0.1, 0.15) is 5.69 Å². The first kappa shape index (κ1) is 9.95. The highest BCUT2D eigenvalue weighted by atomic mass is 35.5. The maximum atomic E-state index is 13.0. The van der Waals surface area contributed by atoms with E-state index in [4.69, 9.17) is 5.73 Å². The zero-order valence-corrected chi connectivity index (χ0v) is 7.59. The van der Waals surface area contributed by atoms with Crippen LogP contribution in [0.2, 0.25) is 0 Å². The van der Waals surface area contributed by atoms with E-state index in [-0.39, 0.29) is 18.2 Å². The fourth-order valence-corrected chi connectivity index (χ4v) is 1.13. The van der Waals surface area contributed by atoms with E-state index in [1.54, 1.807) is 22.9 Å². The molecule has 0 atom stereocenters. The van der Waals surface area contributed by atoms with Crippen molar-refractivity contribution in [3.8, 4) is 0 Å². The van der Waals surface area contributed by atoms with Gasteiger partial charge in [-0.05, 0) is 12.1 Å². The Morgan fingerprint density at radius 2 is 2.31 bits per heavy atom. The smallest absolute Gasteiger partial charge is 0.173 e. The molecule has 0 aliphatic carbocycles. The van der Waals surface area contributed by atoms with Crippen LogP contribution < -0.4 is 5.73 Å². The summed E-state index contributed by atoms with van der Waals surface area (Å²) in [6.07, 6.45) is 3.46. The molecule has 2 heterocycles. The van der Waals surface area contributed by atoms with E-state index in [1.165, 1.54) is 6.07 Å². The Bertz CT molecular complexity index is 413. The van der Waals surface area contributed by atoms with Crippen molar-refractivity contribution in [2.24, 2.45) is 5.73 Å². The van der Waals surface area contributed by atoms with Crippen molar-refractivity contribution in [1.29, 1.82) is 0 Å². The second-order valence-electron chi connectivity index (χ2n) is 2.52. The summed E-state index contributed by atoms with van der Waals surface area (Å²) in [5.41, 5.74) is 6.39. The molecule has 0 bridgehead atoms. The summed E-state index contributed by atoms with van der Waals surface area (Å²) in [5, 5.41) is 0. The highest BCUT2D eigenvalue weighted by Crippen LogP contribution is 2.08. The summed E-state index contributed by atoms with van der Waals surface area (Å²) in [7, 11) is 0. The summed E-state index contributed by atoms with van der Waals surface area (Å²) < 4.78 is 14.6. The lowest BCUT2D eigenvalue weighted by molar-refractivity contribution is 0.630. The topological polar surface area (TPSA) is 43.3 Å². The second kappa shape index (κ2) is 3.72. The normalized spacial score (nSPS) is 10.0. The third kappa shape index (κ3) is 1.64. The summed E-state index contributed by atoms with van der Waals surface area (Å²) in [6, 6.07) is 3.01. The molecular formula is C8H9ClFN3. The SMILES string of the molecule is Cl.NCc1cn2cccc(F)c2n1. The van der Waals surface area contributed by atoms with Gasteiger partial charge in [0.1, 0.15) is 0 Å².